The van der Waals surface area contributed by atoms with Crippen LogP contribution in [0.1, 0.15) is 43.7 Å². The van der Waals surface area contributed by atoms with Gasteiger partial charge in [-0.2, -0.15) is 0 Å². The molecule has 0 saturated heterocycles. The Morgan fingerprint density at radius 2 is 2.00 bits per heavy atom. The van der Waals surface area contributed by atoms with E-state index in [4.69, 9.17) is 9.72 Å². The Balaban J connectivity index is 1.50. The highest BCUT2D eigenvalue weighted by Gasteiger charge is 2.22. The molecule has 1 saturated carbocycles. The number of nitrogens with zero attached hydrogens (tertiary/aromatic N) is 3. The Labute approximate surface area is 180 Å². The van der Waals surface area contributed by atoms with Gasteiger partial charge in [0.1, 0.15) is 11.3 Å². The van der Waals surface area contributed by atoms with Crippen LogP contribution in [0.5, 0.6) is 5.75 Å². The predicted molar refractivity (Wildman–Crippen MR) is 121 cm³/mol. The smallest absolute Gasteiger partial charge is 0.328 e. The van der Waals surface area contributed by atoms with Crippen LogP contribution in [-0.4, -0.2) is 26.1 Å². The second kappa shape index (κ2) is 8.02. The van der Waals surface area contributed by atoms with Crippen molar-refractivity contribution in [2.75, 3.05) is 6.61 Å². The second-order valence-electron chi connectivity index (χ2n) is 8.59. The molecule has 0 spiro atoms. The van der Waals surface area contributed by atoms with Gasteiger partial charge in [0.2, 0.25) is 0 Å². The van der Waals surface area contributed by atoms with Crippen LogP contribution >= 0.6 is 0 Å². The standard InChI is InChI=1S/C25H26N4O2/c1-16(2)20-8-3-4-9-21(20)23-26-13-22-24(28-23)29(25(30)27-22)14-18-6-5-7-19(12-18)31-15-17-10-11-17/h3-9,12-13,16-17H,10-11,14-15H2,1-2H3,(H,27,30). The van der Waals surface area contributed by atoms with Gasteiger partial charge in [-0.05, 0) is 47.9 Å². The van der Waals surface area contributed by atoms with Crippen molar-refractivity contribution in [2.24, 2.45) is 5.92 Å². The number of rotatable bonds is 7. The number of hydrogen-bond acceptors (Lipinski definition) is 4. The molecular weight excluding hydrogens is 388 g/mol. The molecule has 2 aromatic heterocycles. The molecule has 0 bridgehead atoms. The lowest BCUT2D eigenvalue weighted by Gasteiger charge is -2.12. The number of fused-ring (bicyclic) bond motifs is 1. The predicted octanol–water partition coefficient (Wildman–Crippen LogP) is 4.75. The highest BCUT2D eigenvalue weighted by molar-refractivity contribution is 5.73. The summed E-state index contributed by atoms with van der Waals surface area (Å²) in [5, 5.41) is 0. The van der Waals surface area contributed by atoms with Crippen LogP contribution in [0.3, 0.4) is 0 Å². The average molecular weight is 415 g/mol. The summed E-state index contributed by atoms with van der Waals surface area (Å²) in [6.45, 7) is 5.49. The van der Waals surface area contributed by atoms with Crippen molar-refractivity contribution in [3.63, 3.8) is 0 Å². The van der Waals surface area contributed by atoms with Crippen LogP contribution in [0.2, 0.25) is 0 Å². The summed E-state index contributed by atoms with van der Waals surface area (Å²) in [6.07, 6.45) is 4.21. The van der Waals surface area contributed by atoms with Crippen molar-refractivity contribution >= 4 is 11.2 Å². The maximum Gasteiger partial charge on any atom is 0.328 e. The van der Waals surface area contributed by atoms with Crippen LogP contribution in [0.4, 0.5) is 0 Å². The molecule has 31 heavy (non-hydrogen) atoms. The number of imidazole rings is 1. The average Bonchev–Trinajstić information content (AvgIpc) is 3.56. The number of ether oxygens (including phenoxy) is 1. The molecule has 5 rings (SSSR count). The van der Waals surface area contributed by atoms with E-state index in [1.807, 2.05) is 42.5 Å². The summed E-state index contributed by atoms with van der Waals surface area (Å²) in [7, 11) is 0. The third-order valence-corrected chi connectivity index (χ3v) is 5.76. The van der Waals surface area contributed by atoms with Gasteiger partial charge in [0.05, 0.1) is 19.3 Å². The quantitative estimate of drug-likeness (QED) is 0.474. The lowest BCUT2D eigenvalue weighted by atomic mass is 9.97. The Morgan fingerprint density at radius 3 is 2.81 bits per heavy atom. The van der Waals surface area contributed by atoms with E-state index >= 15 is 0 Å². The van der Waals surface area contributed by atoms with E-state index in [9.17, 15) is 4.79 Å². The Kier molecular flexibility index (Phi) is 5.06. The summed E-state index contributed by atoms with van der Waals surface area (Å²) in [4.78, 5) is 24.9. The van der Waals surface area contributed by atoms with E-state index in [1.54, 1.807) is 10.8 Å². The number of hydrogen-bond donors (Lipinski definition) is 1. The molecule has 4 aromatic rings. The minimum Gasteiger partial charge on any atom is -0.493 e. The van der Waals surface area contributed by atoms with Gasteiger partial charge in [-0.1, -0.05) is 50.2 Å². The zero-order chi connectivity index (χ0) is 21.4. The van der Waals surface area contributed by atoms with Gasteiger partial charge in [-0.25, -0.2) is 14.8 Å². The summed E-state index contributed by atoms with van der Waals surface area (Å²) in [6, 6.07) is 16.1. The topological polar surface area (TPSA) is 72.8 Å². The van der Waals surface area contributed by atoms with Crippen molar-refractivity contribution in [3.8, 4) is 17.1 Å². The van der Waals surface area contributed by atoms with Gasteiger partial charge < -0.3 is 9.72 Å². The summed E-state index contributed by atoms with van der Waals surface area (Å²) in [5.74, 6) is 2.52. The molecule has 1 aliphatic rings. The third-order valence-electron chi connectivity index (χ3n) is 5.76. The normalized spacial score (nSPS) is 13.8. The van der Waals surface area contributed by atoms with E-state index in [-0.39, 0.29) is 5.69 Å². The van der Waals surface area contributed by atoms with E-state index in [0.717, 1.165) is 23.5 Å². The van der Waals surface area contributed by atoms with Crippen LogP contribution in [0.15, 0.2) is 59.5 Å². The third kappa shape index (κ3) is 4.10. The first-order valence-electron chi connectivity index (χ1n) is 10.8. The lowest BCUT2D eigenvalue weighted by molar-refractivity contribution is 0.299. The van der Waals surface area contributed by atoms with Gasteiger partial charge >= 0.3 is 5.69 Å². The van der Waals surface area contributed by atoms with E-state index in [0.29, 0.717) is 35.4 Å². The monoisotopic (exact) mass is 414 g/mol. The highest BCUT2D eigenvalue weighted by Crippen LogP contribution is 2.30. The van der Waals surface area contributed by atoms with Crippen molar-refractivity contribution in [3.05, 3.63) is 76.3 Å². The van der Waals surface area contributed by atoms with Crippen molar-refractivity contribution in [2.45, 2.75) is 39.2 Å². The highest BCUT2D eigenvalue weighted by atomic mass is 16.5. The van der Waals surface area contributed by atoms with Crippen LogP contribution in [-0.2, 0) is 6.54 Å². The largest absolute Gasteiger partial charge is 0.493 e. The minimum absolute atomic E-state index is 0.192. The van der Waals surface area contributed by atoms with Crippen LogP contribution in [0.25, 0.3) is 22.6 Å². The van der Waals surface area contributed by atoms with Gasteiger partial charge in [0, 0.05) is 5.56 Å². The number of aromatic amines is 1. The number of H-pyrrole nitrogens is 1. The molecule has 1 aliphatic carbocycles. The Hall–Kier alpha value is -3.41. The van der Waals surface area contributed by atoms with Gasteiger partial charge in [-0.3, -0.25) is 4.57 Å². The van der Waals surface area contributed by atoms with E-state index in [2.05, 4.69) is 29.9 Å². The molecule has 1 N–H and O–H groups in total. The molecule has 6 heteroatoms. The van der Waals surface area contributed by atoms with Crippen LogP contribution < -0.4 is 10.4 Å². The van der Waals surface area contributed by atoms with Gasteiger partial charge in [0.15, 0.2) is 11.5 Å². The SMILES string of the molecule is CC(C)c1ccccc1-c1ncc2[nH]c(=O)n(Cc3cccc(OCC4CC4)c3)c2n1. The molecule has 6 nitrogen and oxygen atoms in total. The fraction of sp³-hybridized carbons (Fsp3) is 0.320. The molecule has 158 valence electrons. The zero-order valence-corrected chi connectivity index (χ0v) is 17.8. The summed E-state index contributed by atoms with van der Waals surface area (Å²) in [5.41, 5.74) is 4.23. The molecule has 1 fully saturated rings. The fourth-order valence-corrected chi connectivity index (χ4v) is 3.84. The lowest BCUT2D eigenvalue weighted by Crippen LogP contribution is -2.18. The van der Waals surface area contributed by atoms with Crippen molar-refractivity contribution in [1.82, 2.24) is 19.5 Å². The molecular formula is C25H26N4O2. The second-order valence-corrected chi connectivity index (χ2v) is 8.59. The molecule has 0 unspecified atom stereocenters. The Bertz CT molecular complexity index is 1280. The fourth-order valence-electron chi connectivity index (χ4n) is 3.84. The van der Waals surface area contributed by atoms with E-state index in [1.165, 1.54) is 18.4 Å². The molecule has 0 atom stereocenters. The summed E-state index contributed by atoms with van der Waals surface area (Å²) < 4.78 is 7.56. The molecule has 2 aromatic carbocycles. The van der Waals surface area contributed by atoms with E-state index < -0.39 is 0 Å². The van der Waals surface area contributed by atoms with Crippen molar-refractivity contribution in [1.29, 1.82) is 0 Å². The first kappa shape index (κ1) is 19.5. The molecule has 0 radical (unpaired) electrons. The molecule has 0 aliphatic heterocycles. The first-order chi connectivity index (χ1) is 15.1. The van der Waals surface area contributed by atoms with Crippen LogP contribution in [0, 0.1) is 5.92 Å². The van der Waals surface area contributed by atoms with Crippen molar-refractivity contribution < 1.29 is 4.74 Å². The summed E-state index contributed by atoms with van der Waals surface area (Å²) >= 11 is 0. The van der Waals surface area contributed by atoms with Gasteiger partial charge in [-0.15, -0.1) is 0 Å². The number of nitrogens with one attached hydrogen (secondary N) is 1. The maximum absolute atomic E-state index is 12.7. The zero-order valence-electron chi connectivity index (χ0n) is 17.8. The van der Waals surface area contributed by atoms with Gasteiger partial charge in [0.25, 0.3) is 0 Å². The minimum atomic E-state index is -0.192. The molecule has 0 amide bonds. The maximum atomic E-state index is 12.7. The number of aromatic nitrogens is 4. The first-order valence-corrected chi connectivity index (χ1v) is 10.8. The Morgan fingerprint density at radius 1 is 1.16 bits per heavy atom. The number of benzene rings is 2. The molecule has 2 heterocycles.